The fourth-order valence-electron chi connectivity index (χ4n) is 2.81. The van der Waals surface area contributed by atoms with Gasteiger partial charge in [-0.25, -0.2) is 0 Å². The van der Waals surface area contributed by atoms with Crippen LogP contribution in [0.3, 0.4) is 0 Å². The molecule has 0 aromatic heterocycles. The molecule has 17 heavy (non-hydrogen) atoms. The van der Waals surface area contributed by atoms with Gasteiger partial charge in [0.1, 0.15) is 0 Å². The largest absolute Gasteiger partial charge is 0.396 e. The van der Waals surface area contributed by atoms with Crippen LogP contribution in [0.25, 0.3) is 0 Å². The Bertz CT molecular complexity index is 226. The van der Waals surface area contributed by atoms with Crippen LogP contribution in [0.5, 0.6) is 0 Å². The van der Waals surface area contributed by atoms with Crippen molar-refractivity contribution in [2.24, 2.45) is 11.3 Å². The average Bonchev–Trinajstić information content (AvgIpc) is 2.27. The summed E-state index contributed by atoms with van der Waals surface area (Å²) < 4.78 is 5.18. The highest BCUT2D eigenvalue weighted by Crippen LogP contribution is 2.25. The Hall–Kier alpha value is -0.160. The number of rotatable bonds is 6. The molecule has 4 heteroatoms. The van der Waals surface area contributed by atoms with Crippen molar-refractivity contribution in [2.75, 3.05) is 53.0 Å². The number of nitrogens with one attached hydrogen (secondary N) is 1. The zero-order valence-corrected chi connectivity index (χ0v) is 11.0. The van der Waals surface area contributed by atoms with E-state index < -0.39 is 0 Å². The first kappa shape index (κ1) is 13.3. The second-order valence-corrected chi connectivity index (χ2v) is 5.89. The van der Waals surface area contributed by atoms with Crippen molar-refractivity contribution < 1.29 is 9.84 Å². The number of likely N-dealkylation sites (tertiary alicyclic amines) is 1. The van der Waals surface area contributed by atoms with Gasteiger partial charge in [0, 0.05) is 13.1 Å². The molecule has 2 aliphatic rings. The van der Waals surface area contributed by atoms with Gasteiger partial charge in [-0.05, 0) is 45.3 Å². The van der Waals surface area contributed by atoms with Gasteiger partial charge < -0.3 is 20.1 Å². The minimum absolute atomic E-state index is 0.0172. The quantitative estimate of drug-likeness (QED) is 0.658. The Labute approximate surface area is 104 Å². The molecule has 1 unspecified atom stereocenters. The maximum Gasteiger partial charge on any atom is 0.0579 e. The molecule has 1 atom stereocenters. The molecule has 2 saturated heterocycles. The zero-order chi connectivity index (χ0) is 12.1. The van der Waals surface area contributed by atoms with E-state index in [9.17, 15) is 5.11 Å². The summed E-state index contributed by atoms with van der Waals surface area (Å²) in [7, 11) is 2.21. The van der Waals surface area contributed by atoms with Gasteiger partial charge in [0.2, 0.25) is 0 Å². The number of ether oxygens (including phenoxy) is 1. The molecule has 2 N–H and O–H groups in total. The normalized spacial score (nSPS) is 28.9. The van der Waals surface area contributed by atoms with Gasteiger partial charge in [-0.2, -0.15) is 0 Å². The summed E-state index contributed by atoms with van der Waals surface area (Å²) in [5, 5.41) is 12.8. The van der Waals surface area contributed by atoms with Gasteiger partial charge in [-0.15, -0.1) is 0 Å². The van der Waals surface area contributed by atoms with Crippen molar-refractivity contribution in [1.82, 2.24) is 10.2 Å². The van der Waals surface area contributed by atoms with Crippen LogP contribution in [0.15, 0.2) is 0 Å². The molecule has 2 rings (SSSR count). The lowest BCUT2D eigenvalue weighted by molar-refractivity contribution is -0.134. The molecule has 0 aromatic carbocycles. The Morgan fingerprint density at radius 1 is 1.47 bits per heavy atom. The van der Waals surface area contributed by atoms with Gasteiger partial charge in [-0.3, -0.25) is 0 Å². The smallest absolute Gasteiger partial charge is 0.0579 e. The molecule has 0 aromatic rings. The molecule has 0 spiro atoms. The number of aliphatic hydroxyl groups is 1. The molecule has 2 heterocycles. The first-order valence-electron chi connectivity index (χ1n) is 6.82. The van der Waals surface area contributed by atoms with E-state index in [0.29, 0.717) is 13.2 Å². The molecule has 2 aliphatic heterocycles. The summed E-state index contributed by atoms with van der Waals surface area (Å²) in [6, 6.07) is 0. The molecule has 4 nitrogen and oxygen atoms in total. The minimum Gasteiger partial charge on any atom is -0.396 e. The second-order valence-electron chi connectivity index (χ2n) is 5.89. The van der Waals surface area contributed by atoms with Gasteiger partial charge in [0.25, 0.3) is 0 Å². The Morgan fingerprint density at radius 2 is 2.29 bits per heavy atom. The first-order valence-corrected chi connectivity index (χ1v) is 6.82. The molecule has 0 bridgehead atoms. The van der Waals surface area contributed by atoms with Gasteiger partial charge >= 0.3 is 0 Å². The SMILES string of the molecule is CN1CCCC(CCNCC2(CO)COC2)C1. The van der Waals surface area contributed by atoms with Crippen LogP contribution in [0.2, 0.25) is 0 Å². The lowest BCUT2D eigenvalue weighted by Gasteiger charge is -2.40. The predicted octanol–water partition coefficient (Wildman–Crippen LogP) is 0.317. The predicted molar refractivity (Wildman–Crippen MR) is 68.0 cm³/mol. The Kier molecular flexibility index (Phi) is 4.79. The number of hydrogen-bond donors (Lipinski definition) is 2. The number of piperidine rings is 1. The van der Waals surface area contributed by atoms with E-state index in [1.165, 1.54) is 32.4 Å². The van der Waals surface area contributed by atoms with Crippen LogP contribution in [0.1, 0.15) is 19.3 Å². The monoisotopic (exact) mass is 242 g/mol. The van der Waals surface area contributed by atoms with E-state index in [-0.39, 0.29) is 12.0 Å². The molecule has 0 aliphatic carbocycles. The van der Waals surface area contributed by atoms with E-state index in [0.717, 1.165) is 19.0 Å². The highest BCUT2D eigenvalue weighted by atomic mass is 16.5. The molecular weight excluding hydrogens is 216 g/mol. The summed E-state index contributed by atoms with van der Waals surface area (Å²) >= 11 is 0. The summed E-state index contributed by atoms with van der Waals surface area (Å²) in [5.74, 6) is 0.851. The number of hydrogen-bond acceptors (Lipinski definition) is 4. The molecule has 0 radical (unpaired) electrons. The van der Waals surface area contributed by atoms with E-state index in [2.05, 4.69) is 17.3 Å². The van der Waals surface area contributed by atoms with Crippen molar-refractivity contribution >= 4 is 0 Å². The molecule has 0 amide bonds. The molecule has 2 fully saturated rings. The fourth-order valence-corrected chi connectivity index (χ4v) is 2.81. The van der Waals surface area contributed by atoms with Crippen LogP contribution in [0.4, 0.5) is 0 Å². The lowest BCUT2D eigenvalue weighted by Crippen LogP contribution is -2.52. The highest BCUT2D eigenvalue weighted by molar-refractivity contribution is 4.87. The molecule has 0 saturated carbocycles. The maximum absolute atomic E-state index is 9.29. The molecular formula is C13H26N2O2. The third kappa shape index (κ3) is 3.65. The highest BCUT2D eigenvalue weighted by Gasteiger charge is 2.37. The van der Waals surface area contributed by atoms with Crippen molar-refractivity contribution in [1.29, 1.82) is 0 Å². The van der Waals surface area contributed by atoms with Crippen LogP contribution in [-0.4, -0.2) is 63.1 Å². The third-order valence-corrected chi connectivity index (χ3v) is 4.10. The summed E-state index contributed by atoms with van der Waals surface area (Å²) in [6.45, 7) is 6.13. The standard InChI is InChI=1S/C13H26N2O2/c1-15-6-2-3-12(7-15)4-5-14-8-13(9-16)10-17-11-13/h12,14,16H,2-11H2,1H3. The van der Waals surface area contributed by atoms with E-state index in [1.54, 1.807) is 0 Å². The Morgan fingerprint density at radius 3 is 2.88 bits per heavy atom. The van der Waals surface area contributed by atoms with E-state index in [4.69, 9.17) is 4.74 Å². The molecule has 100 valence electrons. The summed E-state index contributed by atoms with van der Waals surface area (Å²) in [5.41, 5.74) is 0.0172. The number of aliphatic hydroxyl groups excluding tert-OH is 1. The second kappa shape index (κ2) is 6.14. The fraction of sp³-hybridized carbons (Fsp3) is 1.00. The van der Waals surface area contributed by atoms with Crippen molar-refractivity contribution in [2.45, 2.75) is 19.3 Å². The topological polar surface area (TPSA) is 44.7 Å². The van der Waals surface area contributed by atoms with Gasteiger partial charge in [0.05, 0.1) is 25.2 Å². The van der Waals surface area contributed by atoms with Crippen LogP contribution in [-0.2, 0) is 4.74 Å². The van der Waals surface area contributed by atoms with Crippen molar-refractivity contribution in [3.8, 4) is 0 Å². The van der Waals surface area contributed by atoms with E-state index in [1.807, 2.05) is 0 Å². The van der Waals surface area contributed by atoms with E-state index >= 15 is 0 Å². The van der Waals surface area contributed by atoms with Crippen LogP contribution < -0.4 is 5.32 Å². The van der Waals surface area contributed by atoms with Crippen molar-refractivity contribution in [3.05, 3.63) is 0 Å². The summed E-state index contributed by atoms with van der Waals surface area (Å²) in [4.78, 5) is 2.43. The first-order chi connectivity index (χ1) is 8.24. The maximum atomic E-state index is 9.29. The van der Waals surface area contributed by atoms with Gasteiger partial charge in [-0.1, -0.05) is 0 Å². The average molecular weight is 242 g/mol. The zero-order valence-electron chi connectivity index (χ0n) is 11.0. The number of nitrogens with zero attached hydrogens (tertiary/aromatic N) is 1. The lowest BCUT2D eigenvalue weighted by atomic mass is 9.87. The minimum atomic E-state index is 0.0172. The third-order valence-electron chi connectivity index (χ3n) is 4.10. The van der Waals surface area contributed by atoms with Crippen LogP contribution >= 0.6 is 0 Å². The van der Waals surface area contributed by atoms with Gasteiger partial charge in [0.15, 0.2) is 0 Å². The summed E-state index contributed by atoms with van der Waals surface area (Å²) in [6.07, 6.45) is 3.97. The van der Waals surface area contributed by atoms with Crippen LogP contribution in [0, 0.1) is 11.3 Å². The van der Waals surface area contributed by atoms with Crippen molar-refractivity contribution in [3.63, 3.8) is 0 Å². The Balaban J connectivity index is 1.56.